The van der Waals surface area contributed by atoms with Crippen molar-refractivity contribution in [2.24, 2.45) is 0 Å². The van der Waals surface area contributed by atoms with Gasteiger partial charge in [-0.1, -0.05) is 12.1 Å². The minimum Gasteiger partial charge on any atom is -0.431 e. The molecule has 1 N–H and O–H groups in total. The average molecular weight is 213 g/mol. The number of benzene rings is 1. The van der Waals surface area contributed by atoms with Crippen molar-refractivity contribution in [3.05, 3.63) is 57.2 Å². The molecule has 0 bridgehead atoms. The third-order valence-electron chi connectivity index (χ3n) is 2.55. The monoisotopic (exact) mass is 213 g/mol. The third kappa shape index (κ3) is 1.10. The second kappa shape index (κ2) is 3.06. The van der Waals surface area contributed by atoms with E-state index in [0.29, 0.717) is 16.4 Å². The summed E-state index contributed by atoms with van der Waals surface area (Å²) in [5.41, 5.74) is 0.314. The summed E-state index contributed by atoms with van der Waals surface area (Å²) < 4.78 is 4.69. The van der Waals surface area contributed by atoms with Gasteiger partial charge in [0.25, 0.3) is 0 Å². The molecule has 0 aliphatic heterocycles. The minimum absolute atomic E-state index is 0.0706. The molecular weight excluding hydrogens is 206 g/mol. The first-order valence-corrected chi connectivity index (χ1v) is 4.80. The summed E-state index contributed by atoms with van der Waals surface area (Å²) >= 11 is 0. The van der Waals surface area contributed by atoms with Gasteiger partial charge in [-0.25, -0.2) is 4.79 Å². The van der Waals surface area contributed by atoms with Crippen LogP contribution in [0.3, 0.4) is 0 Å². The highest BCUT2D eigenvalue weighted by atomic mass is 16.4. The van der Waals surface area contributed by atoms with Crippen molar-refractivity contribution in [2.45, 2.75) is 0 Å². The number of hydrogen-bond acceptors (Lipinski definition) is 3. The second-order valence-electron chi connectivity index (χ2n) is 3.50. The normalized spacial score (nSPS) is 11.0. The number of para-hydroxylation sites is 1. The summed E-state index contributed by atoms with van der Waals surface area (Å²) in [4.78, 5) is 26.5. The molecule has 0 radical (unpaired) electrons. The molecule has 2 aromatic heterocycles. The Bertz CT molecular complexity index is 798. The highest BCUT2D eigenvalue weighted by molar-refractivity contribution is 5.91. The van der Waals surface area contributed by atoms with Gasteiger partial charge in [0.1, 0.15) is 5.39 Å². The van der Waals surface area contributed by atoms with Crippen molar-refractivity contribution in [2.75, 3.05) is 0 Å². The van der Waals surface area contributed by atoms with Crippen molar-refractivity contribution in [1.82, 2.24) is 4.98 Å². The molecule has 0 saturated heterocycles. The van der Waals surface area contributed by atoms with Crippen LogP contribution in [0.4, 0.5) is 0 Å². The van der Waals surface area contributed by atoms with E-state index in [2.05, 4.69) is 4.98 Å². The first-order valence-electron chi connectivity index (χ1n) is 4.80. The molecule has 1 aromatic carbocycles. The third-order valence-corrected chi connectivity index (χ3v) is 2.55. The van der Waals surface area contributed by atoms with Crippen LogP contribution in [-0.2, 0) is 0 Å². The lowest BCUT2D eigenvalue weighted by molar-refractivity contribution is 0.519. The number of hydrogen-bond donors (Lipinski definition) is 1. The van der Waals surface area contributed by atoms with E-state index in [1.54, 1.807) is 24.3 Å². The molecule has 78 valence electrons. The van der Waals surface area contributed by atoms with Gasteiger partial charge >= 0.3 is 5.63 Å². The van der Waals surface area contributed by atoms with Gasteiger partial charge in [-0.05, 0) is 18.2 Å². The molecule has 0 unspecified atom stereocenters. The standard InChI is InChI=1S/C12H7NO3/c14-11-7-3-1-2-4-8(7)13-9-5-6-16-12(15)10(9)11/h1-6H,(H,13,14). The number of nitrogens with one attached hydrogen (secondary N) is 1. The van der Waals surface area contributed by atoms with Gasteiger partial charge < -0.3 is 9.40 Å². The molecule has 0 saturated carbocycles. The van der Waals surface area contributed by atoms with Crippen LogP contribution in [0.15, 0.2) is 50.6 Å². The Balaban J connectivity index is 2.73. The quantitative estimate of drug-likeness (QED) is 0.577. The van der Waals surface area contributed by atoms with Crippen molar-refractivity contribution in [3.8, 4) is 0 Å². The van der Waals surface area contributed by atoms with Gasteiger partial charge in [0.2, 0.25) is 5.43 Å². The van der Waals surface area contributed by atoms with Crippen LogP contribution in [-0.4, -0.2) is 4.98 Å². The number of aromatic amines is 1. The lowest BCUT2D eigenvalue weighted by atomic mass is 10.1. The summed E-state index contributed by atoms with van der Waals surface area (Å²) in [6.07, 6.45) is 1.27. The Kier molecular flexibility index (Phi) is 1.71. The summed E-state index contributed by atoms with van der Waals surface area (Å²) in [6.45, 7) is 0. The van der Waals surface area contributed by atoms with Gasteiger partial charge in [-0.3, -0.25) is 4.79 Å². The van der Waals surface area contributed by atoms with Crippen molar-refractivity contribution in [3.63, 3.8) is 0 Å². The fourth-order valence-corrected chi connectivity index (χ4v) is 1.81. The number of rotatable bonds is 0. The van der Waals surface area contributed by atoms with Crippen LogP contribution in [0, 0.1) is 0 Å². The first-order chi connectivity index (χ1) is 7.77. The zero-order chi connectivity index (χ0) is 11.1. The number of H-pyrrole nitrogens is 1. The van der Waals surface area contributed by atoms with Gasteiger partial charge in [0, 0.05) is 10.9 Å². The van der Waals surface area contributed by atoms with Gasteiger partial charge in [0.05, 0.1) is 11.8 Å². The Morgan fingerprint density at radius 3 is 2.69 bits per heavy atom. The Morgan fingerprint density at radius 2 is 1.81 bits per heavy atom. The van der Waals surface area contributed by atoms with Crippen LogP contribution >= 0.6 is 0 Å². The van der Waals surface area contributed by atoms with Crippen molar-refractivity contribution >= 4 is 21.8 Å². The number of fused-ring (bicyclic) bond motifs is 2. The molecule has 0 aliphatic carbocycles. The summed E-state index contributed by atoms with van der Waals surface area (Å²) in [6, 6.07) is 8.64. The smallest absolute Gasteiger partial charge is 0.349 e. The van der Waals surface area contributed by atoms with Crippen LogP contribution in [0.25, 0.3) is 21.8 Å². The second-order valence-corrected chi connectivity index (χ2v) is 3.50. The van der Waals surface area contributed by atoms with E-state index in [1.165, 1.54) is 6.26 Å². The SMILES string of the molecule is O=c1occc2[nH]c3ccccc3c(=O)c12. The molecular formula is C12H7NO3. The molecule has 2 heterocycles. The van der Waals surface area contributed by atoms with E-state index in [-0.39, 0.29) is 10.8 Å². The molecule has 0 spiro atoms. The molecule has 4 nitrogen and oxygen atoms in total. The Morgan fingerprint density at radius 1 is 1.00 bits per heavy atom. The van der Waals surface area contributed by atoms with Crippen LogP contribution in [0.5, 0.6) is 0 Å². The predicted molar refractivity (Wildman–Crippen MR) is 60.6 cm³/mol. The Labute approximate surface area is 89.1 Å². The molecule has 0 aliphatic rings. The molecule has 3 rings (SSSR count). The summed E-state index contributed by atoms with van der Waals surface area (Å²) in [5, 5.41) is 0.565. The highest BCUT2D eigenvalue weighted by Crippen LogP contribution is 2.11. The zero-order valence-electron chi connectivity index (χ0n) is 8.19. The van der Waals surface area contributed by atoms with Crippen LogP contribution in [0.1, 0.15) is 0 Å². The maximum atomic E-state index is 12.0. The van der Waals surface area contributed by atoms with Crippen molar-refractivity contribution < 1.29 is 4.42 Å². The lowest BCUT2D eigenvalue weighted by Crippen LogP contribution is -2.13. The zero-order valence-corrected chi connectivity index (χ0v) is 8.19. The van der Waals surface area contributed by atoms with Gasteiger partial charge in [0.15, 0.2) is 0 Å². The maximum Gasteiger partial charge on any atom is 0.349 e. The predicted octanol–water partition coefficient (Wildman–Crippen LogP) is 1.63. The molecule has 3 aromatic rings. The Hall–Kier alpha value is -2.36. The fraction of sp³-hybridized carbons (Fsp3) is 0. The molecule has 0 fully saturated rings. The van der Waals surface area contributed by atoms with E-state index < -0.39 is 5.63 Å². The van der Waals surface area contributed by atoms with Gasteiger partial charge in [-0.15, -0.1) is 0 Å². The van der Waals surface area contributed by atoms with Crippen LogP contribution in [0.2, 0.25) is 0 Å². The van der Waals surface area contributed by atoms with E-state index in [0.717, 1.165) is 0 Å². The summed E-state index contributed by atoms with van der Waals surface area (Å²) in [5.74, 6) is 0. The van der Waals surface area contributed by atoms with E-state index in [9.17, 15) is 9.59 Å². The fourth-order valence-electron chi connectivity index (χ4n) is 1.81. The van der Waals surface area contributed by atoms with Crippen molar-refractivity contribution in [1.29, 1.82) is 0 Å². The minimum atomic E-state index is -0.607. The van der Waals surface area contributed by atoms with Crippen LogP contribution < -0.4 is 11.1 Å². The lowest BCUT2D eigenvalue weighted by Gasteiger charge is -1.99. The summed E-state index contributed by atoms with van der Waals surface area (Å²) in [7, 11) is 0. The van der Waals surface area contributed by atoms with E-state index in [4.69, 9.17) is 4.42 Å². The molecule has 0 atom stereocenters. The molecule has 16 heavy (non-hydrogen) atoms. The molecule has 4 heteroatoms. The number of pyridine rings is 1. The largest absolute Gasteiger partial charge is 0.431 e. The van der Waals surface area contributed by atoms with Gasteiger partial charge in [-0.2, -0.15) is 0 Å². The van der Waals surface area contributed by atoms with E-state index in [1.807, 2.05) is 6.07 Å². The number of aromatic nitrogens is 1. The van der Waals surface area contributed by atoms with E-state index >= 15 is 0 Å². The maximum absolute atomic E-state index is 12.0. The first kappa shape index (κ1) is 8.91. The molecule has 0 amide bonds. The average Bonchev–Trinajstić information content (AvgIpc) is 2.29. The highest BCUT2D eigenvalue weighted by Gasteiger charge is 2.08. The topological polar surface area (TPSA) is 63.1 Å².